The fourth-order valence-electron chi connectivity index (χ4n) is 4.42. The van der Waals surface area contributed by atoms with Crippen molar-refractivity contribution in [1.82, 2.24) is 20.0 Å². The van der Waals surface area contributed by atoms with Crippen LogP contribution in [0.2, 0.25) is 5.02 Å². The molecule has 0 N–H and O–H groups in total. The molecule has 0 radical (unpaired) electrons. The maximum atomic E-state index is 13.5. The summed E-state index contributed by atoms with van der Waals surface area (Å²) in [4.78, 5) is 30.2. The van der Waals surface area contributed by atoms with Crippen molar-refractivity contribution < 1.29 is 14.0 Å². The minimum Gasteiger partial charge on any atom is -0.419 e. The van der Waals surface area contributed by atoms with Crippen molar-refractivity contribution in [2.45, 2.75) is 45.2 Å². The Labute approximate surface area is 203 Å². The maximum Gasteiger partial charge on any atom is 0.253 e. The number of aromatic nitrogens is 2. The largest absolute Gasteiger partial charge is 0.419 e. The van der Waals surface area contributed by atoms with Gasteiger partial charge in [0.05, 0.1) is 12.5 Å². The molecule has 34 heavy (non-hydrogen) atoms. The van der Waals surface area contributed by atoms with E-state index in [0.29, 0.717) is 35.5 Å². The predicted octanol–water partition coefficient (Wildman–Crippen LogP) is 4.74. The Morgan fingerprint density at radius 1 is 1.06 bits per heavy atom. The molecule has 1 atom stereocenters. The van der Waals surface area contributed by atoms with Crippen LogP contribution in [-0.2, 0) is 11.3 Å². The normalized spacial score (nSPS) is 18.1. The fraction of sp³-hybridized carbons (Fsp3) is 0.385. The highest BCUT2D eigenvalue weighted by molar-refractivity contribution is 6.30. The number of piperidine rings is 1. The fourth-order valence-corrected chi connectivity index (χ4v) is 4.55. The number of likely N-dealkylation sites (tertiary alicyclic amines) is 1. The number of aryl methyl sites for hydroxylation is 1. The SMILES string of the molecule is Cc1ccc(C(=O)N2CCCC(C(=O)N(Cc3nnc(-c4ccc(Cl)cc4)o3)C3CC3)C2)cc1. The van der Waals surface area contributed by atoms with Crippen LogP contribution in [0.1, 0.15) is 47.5 Å². The van der Waals surface area contributed by atoms with Crippen molar-refractivity contribution in [3.05, 3.63) is 70.6 Å². The molecule has 2 fully saturated rings. The van der Waals surface area contributed by atoms with E-state index in [0.717, 1.165) is 36.8 Å². The zero-order chi connectivity index (χ0) is 23.7. The Bertz CT molecular complexity index is 1170. The molecular formula is C26H27ClN4O3. The van der Waals surface area contributed by atoms with Crippen LogP contribution in [0.25, 0.3) is 11.5 Å². The summed E-state index contributed by atoms with van der Waals surface area (Å²) >= 11 is 5.96. The molecule has 1 saturated heterocycles. The van der Waals surface area contributed by atoms with Crippen molar-refractivity contribution in [3.63, 3.8) is 0 Å². The van der Waals surface area contributed by atoms with Crippen LogP contribution < -0.4 is 0 Å². The predicted molar refractivity (Wildman–Crippen MR) is 128 cm³/mol. The van der Waals surface area contributed by atoms with Gasteiger partial charge in [-0.15, -0.1) is 10.2 Å². The summed E-state index contributed by atoms with van der Waals surface area (Å²) in [5, 5.41) is 8.96. The molecule has 3 aromatic rings. The monoisotopic (exact) mass is 478 g/mol. The third-order valence-electron chi connectivity index (χ3n) is 6.49. The minimum atomic E-state index is -0.220. The van der Waals surface area contributed by atoms with Crippen LogP contribution >= 0.6 is 11.6 Å². The molecule has 1 aromatic heterocycles. The second-order valence-corrected chi connectivity index (χ2v) is 9.60. The molecule has 8 heteroatoms. The third-order valence-corrected chi connectivity index (χ3v) is 6.74. The summed E-state index contributed by atoms with van der Waals surface area (Å²) in [5.41, 5.74) is 2.56. The molecule has 176 valence electrons. The third kappa shape index (κ3) is 4.99. The number of carbonyl (C=O) groups is 2. The lowest BCUT2D eigenvalue weighted by molar-refractivity contribution is -0.138. The molecule has 1 aliphatic heterocycles. The van der Waals surface area contributed by atoms with Gasteiger partial charge in [0.2, 0.25) is 17.7 Å². The Morgan fingerprint density at radius 3 is 2.50 bits per heavy atom. The highest BCUT2D eigenvalue weighted by Crippen LogP contribution is 2.32. The van der Waals surface area contributed by atoms with E-state index in [9.17, 15) is 9.59 Å². The van der Waals surface area contributed by atoms with E-state index in [1.54, 1.807) is 12.1 Å². The first-order chi connectivity index (χ1) is 16.5. The second kappa shape index (κ2) is 9.58. The van der Waals surface area contributed by atoms with Gasteiger partial charge >= 0.3 is 0 Å². The van der Waals surface area contributed by atoms with E-state index in [1.807, 2.05) is 53.1 Å². The number of hydrogen-bond donors (Lipinski definition) is 0. The Morgan fingerprint density at radius 2 is 1.79 bits per heavy atom. The second-order valence-electron chi connectivity index (χ2n) is 9.16. The lowest BCUT2D eigenvalue weighted by Crippen LogP contribution is -2.47. The Kier molecular flexibility index (Phi) is 6.37. The van der Waals surface area contributed by atoms with Gasteiger partial charge in [-0.2, -0.15) is 0 Å². The van der Waals surface area contributed by atoms with Crippen molar-refractivity contribution in [3.8, 4) is 11.5 Å². The van der Waals surface area contributed by atoms with Crippen LogP contribution in [0.4, 0.5) is 0 Å². The quantitative estimate of drug-likeness (QED) is 0.511. The van der Waals surface area contributed by atoms with Gasteiger partial charge in [0.25, 0.3) is 5.91 Å². The summed E-state index contributed by atoms with van der Waals surface area (Å²) in [5.74, 6) is 0.647. The number of nitrogens with zero attached hydrogens (tertiary/aromatic N) is 4. The van der Waals surface area contributed by atoms with E-state index in [4.69, 9.17) is 16.0 Å². The topological polar surface area (TPSA) is 79.5 Å². The van der Waals surface area contributed by atoms with E-state index >= 15 is 0 Å². The van der Waals surface area contributed by atoms with Gasteiger partial charge in [-0.05, 0) is 69.0 Å². The Hall–Kier alpha value is -3.19. The number of halogens is 1. The zero-order valence-electron chi connectivity index (χ0n) is 19.1. The molecule has 2 amide bonds. The maximum absolute atomic E-state index is 13.5. The summed E-state index contributed by atoms with van der Waals surface area (Å²) < 4.78 is 5.86. The van der Waals surface area contributed by atoms with Crippen molar-refractivity contribution >= 4 is 23.4 Å². The van der Waals surface area contributed by atoms with Gasteiger partial charge in [0.15, 0.2) is 0 Å². The molecule has 2 aromatic carbocycles. The molecule has 5 rings (SSSR count). The molecular weight excluding hydrogens is 452 g/mol. The number of amides is 2. The average molecular weight is 479 g/mol. The summed E-state index contributed by atoms with van der Waals surface area (Å²) in [6.45, 7) is 3.40. The van der Waals surface area contributed by atoms with Gasteiger partial charge in [-0.25, -0.2) is 0 Å². The molecule has 0 bridgehead atoms. The zero-order valence-corrected chi connectivity index (χ0v) is 19.9. The first kappa shape index (κ1) is 22.6. The average Bonchev–Trinajstić information content (AvgIpc) is 3.60. The first-order valence-electron chi connectivity index (χ1n) is 11.7. The highest BCUT2D eigenvalue weighted by atomic mass is 35.5. The van der Waals surface area contributed by atoms with Crippen LogP contribution in [0, 0.1) is 12.8 Å². The minimum absolute atomic E-state index is 0.0139. The van der Waals surface area contributed by atoms with E-state index < -0.39 is 0 Å². The van der Waals surface area contributed by atoms with Gasteiger partial charge in [0, 0.05) is 35.3 Å². The van der Waals surface area contributed by atoms with Gasteiger partial charge in [-0.3, -0.25) is 9.59 Å². The van der Waals surface area contributed by atoms with Crippen LogP contribution in [0.3, 0.4) is 0 Å². The van der Waals surface area contributed by atoms with Crippen molar-refractivity contribution in [1.29, 1.82) is 0 Å². The van der Waals surface area contributed by atoms with E-state index in [1.165, 1.54) is 0 Å². The lowest BCUT2D eigenvalue weighted by Gasteiger charge is -2.35. The van der Waals surface area contributed by atoms with E-state index in [-0.39, 0.29) is 30.3 Å². The van der Waals surface area contributed by atoms with Crippen LogP contribution in [0.15, 0.2) is 52.9 Å². The molecule has 7 nitrogen and oxygen atoms in total. The molecule has 2 heterocycles. The Balaban J connectivity index is 1.27. The van der Waals surface area contributed by atoms with E-state index in [2.05, 4.69) is 10.2 Å². The summed E-state index contributed by atoms with van der Waals surface area (Å²) in [7, 11) is 0. The number of hydrogen-bond acceptors (Lipinski definition) is 5. The van der Waals surface area contributed by atoms with Crippen LogP contribution in [0.5, 0.6) is 0 Å². The van der Waals surface area contributed by atoms with Crippen molar-refractivity contribution in [2.75, 3.05) is 13.1 Å². The van der Waals surface area contributed by atoms with Gasteiger partial charge in [-0.1, -0.05) is 29.3 Å². The molecule has 1 aliphatic carbocycles. The van der Waals surface area contributed by atoms with Gasteiger partial charge in [0.1, 0.15) is 0 Å². The summed E-state index contributed by atoms with van der Waals surface area (Å²) in [6, 6.07) is 15.0. The number of carbonyl (C=O) groups excluding carboxylic acids is 2. The first-order valence-corrected chi connectivity index (χ1v) is 12.1. The lowest BCUT2D eigenvalue weighted by atomic mass is 9.95. The number of benzene rings is 2. The molecule has 1 unspecified atom stereocenters. The molecule has 0 spiro atoms. The highest BCUT2D eigenvalue weighted by Gasteiger charge is 2.39. The molecule has 2 aliphatic rings. The van der Waals surface area contributed by atoms with Crippen molar-refractivity contribution in [2.24, 2.45) is 5.92 Å². The van der Waals surface area contributed by atoms with Crippen LogP contribution in [-0.4, -0.2) is 50.9 Å². The standard InChI is InChI=1S/C26H27ClN4O3/c1-17-4-6-19(7-5-17)25(32)30-14-2-3-20(15-30)26(33)31(22-12-13-22)16-23-28-29-24(34-23)18-8-10-21(27)11-9-18/h4-11,20,22H,2-3,12-16H2,1H3. The summed E-state index contributed by atoms with van der Waals surface area (Å²) in [6.07, 6.45) is 3.54. The smallest absolute Gasteiger partial charge is 0.253 e. The molecule has 1 saturated carbocycles. The van der Waals surface area contributed by atoms with Gasteiger partial charge < -0.3 is 14.2 Å². The number of rotatable bonds is 6.